The van der Waals surface area contributed by atoms with Crippen LogP contribution in [0.2, 0.25) is 0 Å². The van der Waals surface area contributed by atoms with Gasteiger partial charge in [0.05, 0.1) is 11.4 Å². The molecule has 4 N–H and O–H groups in total. The quantitative estimate of drug-likeness (QED) is 0.491. The first-order valence-corrected chi connectivity index (χ1v) is 10.0. The molecule has 31 heavy (non-hydrogen) atoms. The molecule has 2 heterocycles. The standard InChI is InChI=1S/C21H24F3N5O2/c1-19(4-5-19)31-13-2-3-15(25)14(10-13)18(26)16-11-17(28-12-27-16)29-8-6-20(30,7-9-29)21(22,23)24/h2-3,10-12,26,30H,4-9,25H2,1H3. The number of hydrogen-bond acceptors (Lipinski definition) is 7. The van der Waals surface area contributed by atoms with Crippen molar-refractivity contribution in [2.45, 2.75) is 50.0 Å². The molecule has 0 unspecified atom stereocenters. The number of aliphatic hydroxyl groups is 1. The van der Waals surface area contributed by atoms with E-state index in [1.807, 2.05) is 6.92 Å². The van der Waals surface area contributed by atoms with Crippen LogP contribution in [-0.4, -0.2) is 51.3 Å². The molecule has 2 fully saturated rings. The molecule has 0 atom stereocenters. The molecule has 1 aliphatic carbocycles. The third-order valence-corrected chi connectivity index (χ3v) is 5.96. The summed E-state index contributed by atoms with van der Waals surface area (Å²) in [6.07, 6.45) is -2.35. The SMILES string of the molecule is CC1(Oc2ccc(N)c(C(=N)c3cc(N4CCC(O)(C(F)(F)F)CC4)ncn3)c2)CC1. The average Bonchev–Trinajstić information content (AvgIpc) is 3.45. The Kier molecular flexibility index (Phi) is 5.07. The summed E-state index contributed by atoms with van der Waals surface area (Å²) >= 11 is 0. The number of aromatic nitrogens is 2. The van der Waals surface area contributed by atoms with Crippen molar-refractivity contribution in [3.63, 3.8) is 0 Å². The van der Waals surface area contributed by atoms with E-state index in [1.165, 1.54) is 6.33 Å². The first-order valence-electron chi connectivity index (χ1n) is 10.0. The molecule has 1 aliphatic heterocycles. The summed E-state index contributed by atoms with van der Waals surface area (Å²) in [5, 5.41) is 18.4. The van der Waals surface area contributed by atoms with E-state index in [4.69, 9.17) is 15.9 Å². The minimum atomic E-state index is -4.67. The van der Waals surface area contributed by atoms with Crippen LogP contribution in [0.4, 0.5) is 24.7 Å². The van der Waals surface area contributed by atoms with E-state index in [-0.39, 0.29) is 24.4 Å². The summed E-state index contributed by atoms with van der Waals surface area (Å²) in [6, 6.07) is 6.69. The maximum absolute atomic E-state index is 13.0. The molecule has 0 amide bonds. The van der Waals surface area contributed by atoms with Gasteiger partial charge in [-0.05, 0) is 38.0 Å². The predicted octanol–water partition coefficient (Wildman–Crippen LogP) is 3.30. The molecule has 0 radical (unpaired) electrons. The Bertz CT molecular complexity index is 999. The lowest BCUT2D eigenvalue weighted by Gasteiger charge is -2.39. The Morgan fingerprint density at radius 3 is 2.45 bits per heavy atom. The lowest BCUT2D eigenvalue weighted by atomic mass is 9.91. The molecule has 2 aliphatic rings. The smallest absolute Gasteiger partial charge is 0.417 e. The number of anilines is 2. The van der Waals surface area contributed by atoms with Crippen molar-refractivity contribution in [2.24, 2.45) is 0 Å². The van der Waals surface area contributed by atoms with Crippen LogP contribution in [0.5, 0.6) is 5.75 Å². The minimum Gasteiger partial charge on any atom is -0.488 e. The maximum atomic E-state index is 13.0. The van der Waals surface area contributed by atoms with Gasteiger partial charge in [-0.25, -0.2) is 9.97 Å². The molecular weight excluding hydrogens is 411 g/mol. The summed E-state index contributed by atoms with van der Waals surface area (Å²) in [6.45, 7) is 2.00. The van der Waals surface area contributed by atoms with Gasteiger partial charge < -0.3 is 20.5 Å². The summed E-state index contributed by atoms with van der Waals surface area (Å²) < 4.78 is 45.1. The Balaban J connectivity index is 1.52. The number of hydrogen-bond donors (Lipinski definition) is 3. The number of halogens is 3. The molecule has 1 aromatic carbocycles. The zero-order chi connectivity index (χ0) is 22.4. The Labute approximate surface area is 177 Å². The average molecular weight is 435 g/mol. The molecule has 1 saturated heterocycles. The van der Waals surface area contributed by atoms with Crippen LogP contribution in [0.3, 0.4) is 0 Å². The molecule has 1 aromatic heterocycles. The van der Waals surface area contributed by atoms with Crippen LogP contribution in [0.1, 0.15) is 43.9 Å². The van der Waals surface area contributed by atoms with Gasteiger partial charge in [-0.1, -0.05) is 0 Å². The van der Waals surface area contributed by atoms with Gasteiger partial charge in [0.25, 0.3) is 0 Å². The third kappa shape index (κ3) is 4.30. The highest BCUT2D eigenvalue weighted by atomic mass is 19.4. The van der Waals surface area contributed by atoms with E-state index in [0.29, 0.717) is 28.5 Å². The van der Waals surface area contributed by atoms with Gasteiger partial charge in [0, 0.05) is 43.2 Å². The largest absolute Gasteiger partial charge is 0.488 e. The Morgan fingerprint density at radius 1 is 1.16 bits per heavy atom. The van der Waals surface area contributed by atoms with Crippen molar-refractivity contribution >= 4 is 17.2 Å². The van der Waals surface area contributed by atoms with Crippen molar-refractivity contribution < 1.29 is 23.0 Å². The van der Waals surface area contributed by atoms with Gasteiger partial charge >= 0.3 is 6.18 Å². The highest BCUT2D eigenvalue weighted by molar-refractivity contribution is 6.13. The number of nitrogens with two attached hydrogens (primary N) is 1. The first-order chi connectivity index (χ1) is 14.5. The second-order valence-corrected chi connectivity index (χ2v) is 8.45. The number of nitrogens with zero attached hydrogens (tertiary/aromatic N) is 3. The molecule has 7 nitrogen and oxygen atoms in total. The number of ether oxygens (including phenoxy) is 1. The summed E-state index contributed by atoms with van der Waals surface area (Å²) in [7, 11) is 0. The van der Waals surface area contributed by atoms with E-state index < -0.39 is 24.6 Å². The third-order valence-electron chi connectivity index (χ3n) is 5.96. The Morgan fingerprint density at radius 2 is 1.84 bits per heavy atom. The van der Waals surface area contributed by atoms with E-state index in [9.17, 15) is 18.3 Å². The van der Waals surface area contributed by atoms with Gasteiger partial charge in [-0.15, -0.1) is 0 Å². The fourth-order valence-corrected chi connectivity index (χ4v) is 3.56. The maximum Gasteiger partial charge on any atom is 0.417 e. The molecule has 0 bridgehead atoms. The van der Waals surface area contributed by atoms with E-state index in [1.54, 1.807) is 29.2 Å². The second kappa shape index (κ2) is 7.37. The molecule has 0 spiro atoms. The van der Waals surface area contributed by atoms with Crippen molar-refractivity contribution in [2.75, 3.05) is 23.7 Å². The summed E-state index contributed by atoms with van der Waals surface area (Å²) in [4.78, 5) is 9.94. The molecule has 10 heteroatoms. The predicted molar refractivity (Wildman–Crippen MR) is 110 cm³/mol. The van der Waals surface area contributed by atoms with Crippen LogP contribution in [-0.2, 0) is 0 Å². The van der Waals surface area contributed by atoms with Crippen molar-refractivity contribution in [1.29, 1.82) is 5.41 Å². The van der Waals surface area contributed by atoms with E-state index in [0.717, 1.165) is 12.8 Å². The van der Waals surface area contributed by atoms with Crippen LogP contribution < -0.4 is 15.4 Å². The Hall–Kier alpha value is -2.88. The normalized spacial score (nSPS) is 19.7. The van der Waals surface area contributed by atoms with Crippen LogP contribution >= 0.6 is 0 Å². The van der Waals surface area contributed by atoms with Crippen molar-refractivity contribution in [3.8, 4) is 5.75 Å². The number of benzene rings is 1. The number of rotatable bonds is 5. The fourth-order valence-electron chi connectivity index (χ4n) is 3.56. The monoisotopic (exact) mass is 435 g/mol. The van der Waals surface area contributed by atoms with Gasteiger partial charge in [-0.3, -0.25) is 5.41 Å². The molecule has 1 saturated carbocycles. The van der Waals surface area contributed by atoms with Crippen LogP contribution in [0, 0.1) is 5.41 Å². The van der Waals surface area contributed by atoms with Gasteiger partial charge in [0.15, 0.2) is 5.60 Å². The highest BCUT2D eigenvalue weighted by Gasteiger charge is 2.54. The zero-order valence-corrected chi connectivity index (χ0v) is 17.0. The number of piperidine rings is 1. The first kappa shape index (κ1) is 21.4. The molecular formula is C21H24F3N5O2. The van der Waals surface area contributed by atoms with Gasteiger partial charge in [0.1, 0.15) is 23.5 Å². The molecule has 166 valence electrons. The van der Waals surface area contributed by atoms with Crippen LogP contribution in [0.25, 0.3) is 0 Å². The number of nitrogens with one attached hydrogen (secondary N) is 1. The number of nitrogen functional groups attached to an aromatic ring is 1. The van der Waals surface area contributed by atoms with E-state index >= 15 is 0 Å². The number of alkyl halides is 3. The molecule has 4 rings (SSSR count). The minimum absolute atomic E-state index is 0.0101. The zero-order valence-electron chi connectivity index (χ0n) is 17.0. The topological polar surface area (TPSA) is 108 Å². The van der Waals surface area contributed by atoms with Crippen molar-refractivity contribution in [3.05, 3.63) is 41.9 Å². The van der Waals surface area contributed by atoms with Crippen molar-refractivity contribution in [1.82, 2.24) is 9.97 Å². The lowest BCUT2D eigenvalue weighted by Crippen LogP contribution is -2.53. The van der Waals surface area contributed by atoms with E-state index in [2.05, 4.69) is 9.97 Å². The van der Waals surface area contributed by atoms with Gasteiger partial charge in [0.2, 0.25) is 0 Å². The lowest BCUT2D eigenvalue weighted by molar-refractivity contribution is -0.266. The second-order valence-electron chi connectivity index (χ2n) is 8.45. The fraction of sp³-hybridized carbons (Fsp3) is 0.476. The van der Waals surface area contributed by atoms with Crippen LogP contribution in [0.15, 0.2) is 30.6 Å². The molecule has 2 aromatic rings. The summed E-state index contributed by atoms with van der Waals surface area (Å²) in [5.41, 5.74) is 4.43. The van der Waals surface area contributed by atoms with Gasteiger partial charge in [-0.2, -0.15) is 13.2 Å². The highest BCUT2D eigenvalue weighted by Crippen LogP contribution is 2.40. The summed E-state index contributed by atoms with van der Waals surface area (Å²) in [5.74, 6) is 1.01.